The number of allylic oxidation sites excluding steroid dienone is 1. The number of ether oxygens (including phenoxy) is 3. The predicted molar refractivity (Wildman–Crippen MR) is 132 cm³/mol. The molecular weight excluding hydrogens is 492 g/mol. The number of aromatic nitrogens is 1. The lowest BCUT2D eigenvalue weighted by Gasteiger charge is -2.24. The van der Waals surface area contributed by atoms with Crippen molar-refractivity contribution in [3.63, 3.8) is 0 Å². The molecule has 1 aliphatic heterocycles. The maximum Gasteiger partial charge on any atom is 0.338 e. The van der Waals surface area contributed by atoms with Gasteiger partial charge in [-0.05, 0) is 48.4 Å². The zero-order valence-electron chi connectivity index (χ0n) is 19.3. The lowest BCUT2D eigenvalue weighted by molar-refractivity contribution is -0.136. The number of thiazole rings is 1. The first-order chi connectivity index (χ1) is 16.7. The Bertz CT molecular complexity index is 1540. The van der Waals surface area contributed by atoms with E-state index >= 15 is 0 Å². The molecule has 35 heavy (non-hydrogen) atoms. The molecule has 0 aliphatic carbocycles. The quantitative estimate of drug-likeness (QED) is 0.385. The fourth-order valence-electron chi connectivity index (χ4n) is 3.82. The van der Waals surface area contributed by atoms with Gasteiger partial charge >= 0.3 is 11.9 Å². The van der Waals surface area contributed by atoms with Crippen molar-refractivity contribution in [3.8, 4) is 11.5 Å². The maximum absolute atomic E-state index is 13.6. The van der Waals surface area contributed by atoms with E-state index in [1.165, 1.54) is 37.0 Å². The first kappa shape index (κ1) is 24.4. The SMILES string of the molecule is COC(=O)C1=C(C)N=c2sc(=Cc3ccc(OC(C)=O)c(OC)c3)c(=O)n2C1c1ccc(Cl)cc1. The van der Waals surface area contributed by atoms with Crippen LogP contribution in [0.5, 0.6) is 11.5 Å². The monoisotopic (exact) mass is 512 g/mol. The van der Waals surface area contributed by atoms with Gasteiger partial charge in [0, 0.05) is 11.9 Å². The van der Waals surface area contributed by atoms with E-state index in [0.717, 1.165) is 0 Å². The van der Waals surface area contributed by atoms with Crippen LogP contribution in [0.25, 0.3) is 6.08 Å². The smallest absolute Gasteiger partial charge is 0.338 e. The van der Waals surface area contributed by atoms with E-state index in [2.05, 4.69) is 4.99 Å². The summed E-state index contributed by atoms with van der Waals surface area (Å²) in [4.78, 5) is 42.6. The fourth-order valence-corrected chi connectivity index (χ4v) is 4.99. The number of nitrogens with zero attached hydrogens (tertiary/aromatic N) is 2. The molecule has 1 unspecified atom stereocenters. The Hall–Kier alpha value is -3.69. The van der Waals surface area contributed by atoms with Crippen LogP contribution < -0.4 is 24.4 Å². The van der Waals surface area contributed by atoms with Crippen molar-refractivity contribution in [1.82, 2.24) is 4.57 Å². The van der Waals surface area contributed by atoms with Crippen LogP contribution in [0.3, 0.4) is 0 Å². The summed E-state index contributed by atoms with van der Waals surface area (Å²) in [7, 11) is 2.75. The summed E-state index contributed by atoms with van der Waals surface area (Å²) in [6.07, 6.45) is 1.69. The van der Waals surface area contributed by atoms with Gasteiger partial charge in [0.2, 0.25) is 0 Å². The Balaban J connectivity index is 1.89. The van der Waals surface area contributed by atoms with E-state index in [1.54, 1.807) is 55.5 Å². The average Bonchev–Trinajstić information content (AvgIpc) is 3.13. The molecule has 2 heterocycles. The molecule has 0 fully saturated rings. The normalized spacial score (nSPS) is 15.3. The predicted octanol–water partition coefficient (Wildman–Crippen LogP) is 3.00. The lowest BCUT2D eigenvalue weighted by atomic mass is 9.96. The molecule has 0 saturated carbocycles. The Morgan fingerprint density at radius 1 is 1.11 bits per heavy atom. The molecule has 1 aromatic heterocycles. The number of methoxy groups -OCH3 is 2. The molecule has 3 aromatic rings. The number of hydrogen-bond donors (Lipinski definition) is 0. The van der Waals surface area contributed by atoms with Crippen LogP contribution in [-0.2, 0) is 14.3 Å². The van der Waals surface area contributed by atoms with Gasteiger partial charge in [-0.2, -0.15) is 0 Å². The zero-order valence-corrected chi connectivity index (χ0v) is 20.9. The lowest BCUT2D eigenvalue weighted by Crippen LogP contribution is -2.39. The van der Waals surface area contributed by atoms with Gasteiger partial charge in [-0.15, -0.1) is 0 Å². The van der Waals surface area contributed by atoms with Crippen molar-refractivity contribution in [1.29, 1.82) is 0 Å². The van der Waals surface area contributed by atoms with Crippen molar-refractivity contribution in [2.75, 3.05) is 14.2 Å². The minimum Gasteiger partial charge on any atom is -0.493 e. The second-order valence-corrected chi connectivity index (χ2v) is 9.07. The largest absolute Gasteiger partial charge is 0.493 e. The molecule has 4 rings (SSSR count). The highest BCUT2D eigenvalue weighted by Crippen LogP contribution is 2.31. The standard InChI is InChI=1S/C25H21ClN2O6S/c1-13-21(24(31)33-4)22(16-6-8-17(26)9-7-16)28-23(30)20(35-25(28)27-13)12-15-5-10-18(34-14(2)29)19(11-15)32-3/h5-12,22H,1-4H3. The molecule has 10 heteroatoms. The highest BCUT2D eigenvalue weighted by Gasteiger charge is 2.33. The third kappa shape index (κ3) is 4.78. The molecule has 1 atom stereocenters. The van der Waals surface area contributed by atoms with Gasteiger partial charge in [0.15, 0.2) is 16.3 Å². The van der Waals surface area contributed by atoms with Crippen LogP contribution in [0.15, 0.2) is 63.5 Å². The summed E-state index contributed by atoms with van der Waals surface area (Å²) in [5, 5.41) is 0.535. The number of hydrogen-bond acceptors (Lipinski definition) is 8. The number of halogens is 1. The molecule has 0 bridgehead atoms. The molecule has 0 N–H and O–H groups in total. The van der Waals surface area contributed by atoms with Gasteiger partial charge < -0.3 is 14.2 Å². The van der Waals surface area contributed by atoms with Gasteiger partial charge in [-0.3, -0.25) is 14.2 Å². The first-order valence-electron chi connectivity index (χ1n) is 10.5. The minimum atomic E-state index is -0.723. The number of esters is 2. The second-order valence-electron chi connectivity index (χ2n) is 7.63. The van der Waals surface area contributed by atoms with Crippen LogP contribution in [0.2, 0.25) is 5.02 Å². The Kier molecular flexibility index (Phi) is 6.90. The Morgan fingerprint density at radius 3 is 2.46 bits per heavy atom. The third-order valence-corrected chi connectivity index (χ3v) is 6.59. The topological polar surface area (TPSA) is 96.2 Å². The zero-order chi connectivity index (χ0) is 25.3. The Morgan fingerprint density at radius 2 is 1.83 bits per heavy atom. The van der Waals surface area contributed by atoms with E-state index in [0.29, 0.717) is 36.9 Å². The van der Waals surface area contributed by atoms with E-state index in [4.69, 9.17) is 25.8 Å². The van der Waals surface area contributed by atoms with Crippen LogP contribution in [0.1, 0.15) is 31.0 Å². The highest BCUT2D eigenvalue weighted by molar-refractivity contribution is 7.07. The van der Waals surface area contributed by atoms with E-state index in [-0.39, 0.29) is 16.9 Å². The van der Waals surface area contributed by atoms with E-state index in [1.807, 2.05) is 0 Å². The number of carbonyl (C=O) groups excluding carboxylic acids is 2. The molecule has 0 saturated heterocycles. The molecule has 1 aliphatic rings. The molecule has 0 amide bonds. The highest BCUT2D eigenvalue weighted by atomic mass is 35.5. The van der Waals surface area contributed by atoms with Crippen LogP contribution in [0, 0.1) is 0 Å². The van der Waals surface area contributed by atoms with Crippen LogP contribution in [-0.4, -0.2) is 30.7 Å². The summed E-state index contributed by atoms with van der Waals surface area (Å²) in [5.74, 6) is -0.404. The first-order valence-corrected chi connectivity index (χ1v) is 11.7. The molecule has 2 aromatic carbocycles. The second kappa shape index (κ2) is 9.89. The van der Waals surface area contributed by atoms with Gasteiger partial charge in [0.1, 0.15) is 0 Å². The summed E-state index contributed by atoms with van der Waals surface area (Å²) in [6.45, 7) is 3.01. The summed E-state index contributed by atoms with van der Waals surface area (Å²) in [6, 6.07) is 11.2. The number of carbonyl (C=O) groups is 2. The minimum absolute atomic E-state index is 0.277. The van der Waals surface area contributed by atoms with Crippen LogP contribution in [0.4, 0.5) is 0 Å². The van der Waals surface area contributed by atoms with Gasteiger partial charge in [-0.1, -0.05) is 41.1 Å². The molecule has 180 valence electrons. The summed E-state index contributed by atoms with van der Waals surface area (Å²) >= 11 is 7.26. The Labute approximate surface area is 209 Å². The van der Waals surface area contributed by atoms with Crippen molar-refractivity contribution >= 4 is 41.0 Å². The number of rotatable bonds is 5. The van der Waals surface area contributed by atoms with Crippen molar-refractivity contribution < 1.29 is 23.8 Å². The molecular formula is C25H21ClN2O6S. The van der Waals surface area contributed by atoms with Gasteiger partial charge in [0.25, 0.3) is 5.56 Å². The van der Waals surface area contributed by atoms with Gasteiger partial charge in [-0.25, -0.2) is 9.79 Å². The summed E-state index contributed by atoms with van der Waals surface area (Å²) in [5.41, 5.74) is 1.79. The number of benzene rings is 2. The fraction of sp³-hybridized carbons (Fsp3) is 0.200. The van der Waals surface area contributed by atoms with Crippen molar-refractivity contribution in [2.24, 2.45) is 4.99 Å². The average molecular weight is 513 g/mol. The van der Waals surface area contributed by atoms with Crippen LogP contribution >= 0.6 is 22.9 Å². The van der Waals surface area contributed by atoms with Crippen molar-refractivity contribution in [3.05, 3.63) is 89.6 Å². The summed E-state index contributed by atoms with van der Waals surface area (Å²) < 4.78 is 17.4. The van der Waals surface area contributed by atoms with Gasteiger partial charge in [0.05, 0.1) is 36.1 Å². The molecule has 0 radical (unpaired) electrons. The maximum atomic E-state index is 13.6. The third-order valence-electron chi connectivity index (χ3n) is 5.35. The van der Waals surface area contributed by atoms with Crippen molar-refractivity contribution in [2.45, 2.75) is 19.9 Å². The number of fused-ring (bicyclic) bond motifs is 1. The van der Waals surface area contributed by atoms with E-state index < -0.39 is 18.0 Å². The van der Waals surface area contributed by atoms with E-state index in [9.17, 15) is 14.4 Å². The molecule has 8 nitrogen and oxygen atoms in total. The molecule has 0 spiro atoms.